The Hall–Kier alpha value is -0.510. The van der Waals surface area contributed by atoms with Crippen molar-refractivity contribution in [2.75, 3.05) is 17.5 Å². The fourth-order valence-electron chi connectivity index (χ4n) is 2.11. The van der Waals surface area contributed by atoms with Crippen LogP contribution in [0, 0.1) is 16.7 Å². The van der Waals surface area contributed by atoms with Crippen molar-refractivity contribution in [3.63, 3.8) is 0 Å². The van der Waals surface area contributed by atoms with Gasteiger partial charge in [-0.15, -0.1) is 0 Å². The highest BCUT2D eigenvalue weighted by Gasteiger charge is 2.41. The van der Waals surface area contributed by atoms with Gasteiger partial charge in [-0.25, -0.2) is 4.79 Å². The van der Waals surface area contributed by atoms with E-state index in [1.165, 1.54) is 0 Å². The number of hydrogen-bond donors (Lipinski definition) is 0. The van der Waals surface area contributed by atoms with E-state index < -0.39 is 5.60 Å². The molecule has 1 atom stereocenters. The third kappa shape index (κ3) is 4.30. The molecule has 1 saturated heterocycles. The first-order valence-corrected chi connectivity index (χ1v) is 7.80. The number of ether oxygens (including phenoxy) is 1. The molecule has 1 aliphatic rings. The van der Waals surface area contributed by atoms with Crippen molar-refractivity contribution in [1.29, 1.82) is 5.26 Å². The Kier molecular flexibility index (Phi) is 5.26. The third-order valence-electron chi connectivity index (χ3n) is 3.03. The number of halogens is 1. The molecule has 0 radical (unpaired) electrons. The highest BCUT2D eigenvalue weighted by Crippen LogP contribution is 2.35. The molecule has 102 valence electrons. The summed E-state index contributed by atoms with van der Waals surface area (Å²) in [7, 11) is 0. The third-order valence-corrected chi connectivity index (χ3v) is 3.79. The van der Waals surface area contributed by atoms with Crippen LogP contribution in [0.15, 0.2) is 0 Å². The van der Waals surface area contributed by atoms with Crippen molar-refractivity contribution < 1.29 is 9.53 Å². The standard InChI is InChI=1S/C13H21IN2O2/c1-12(2,3)18-11(17)16-8-6-13(9-15,10-16)5-4-7-14/h4-8,10H2,1-3H3. The second-order valence-corrected chi connectivity index (χ2v) is 6.92. The lowest BCUT2D eigenvalue weighted by Crippen LogP contribution is -2.36. The maximum Gasteiger partial charge on any atom is 0.410 e. The topological polar surface area (TPSA) is 53.3 Å². The molecular formula is C13H21IN2O2. The number of carbonyl (C=O) groups excluding carboxylic acids is 1. The Morgan fingerprint density at radius 2 is 2.22 bits per heavy atom. The summed E-state index contributed by atoms with van der Waals surface area (Å²) in [5, 5.41) is 9.34. The zero-order valence-corrected chi connectivity index (χ0v) is 13.5. The van der Waals surface area contributed by atoms with Gasteiger partial charge in [-0.1, -0.05) is 22.6 Å². The number of nitrogens with zero attached hydrogens (tertiary/aromatic N) is 2. The summed E-state index contributed by atoms with van der Waals surface area (Å²) >= 11 is 2.32. The minimum absolute atomic E-state index is 0.297. The van der Waals surface area contributed by atoms with Crippen LogP contribution < -0.4 is 0 Å². The highest BCUT2D eigenvalue weighted by molar-refractivity contribution is 14.1. The molecule has 1 fully saturated rings. The number of amides is 1. The molecule has 0 spiro atoms. The number of nitriles is 1. The monoisotopic (exact) mass is 364 g/mol. The van der Waals surface area contributed by atoms with Gasteiger partial charge in [0.1, 0.15) is 5.60 Å². The van der Waals surface area contributed by atoms with Gasteiger partial charge in [-0.05, 0) is 44.5 Å². The zero-order valence-electron chi connectivity index (χ0n) is 11.3. The lowest BCUT2D eigenvalue weighted by Gasteiger charge is -2.25. The van der Waals surface area contributed by atoms with Crippen molar-refractivity contribution in [1.82, 2.24) is 4.90 Å². The van der Waals surface area contributed by atoms with Crippen molar-refractivity contribution in [2.24, 2.45) is 5.41 Å². The van der Waals surface area contributed by atoms with Crippen molar-refractivity contribution in [3.05, 3.63) is 0 Å². The van der Waals surface area contributed by atoms with Crippen LogP contribution in [0.25, 0.3) is 0 Å². The first-order valence-electron chi connectivity index (χ1n) is 6.27. The van der Waals surface area contributed by atoms with Gasteiger partial charge in [-0.3, -0.25) is 0 Å². The Bertz CT molecular complexity index is 346. The molecule has 1 aliphatic heterocycles. The minimum Gasteiger partial charge on any atom is -0.444 e. The maximum absolute atomic E-state index is 11.9. The minimum atomic E-state index is -0.475. The van der Waals surface area contributed by atoms with Crippen LogP contribution >= 0.6 is 22.6 Å². The van der Waals surface area contributed by atoms with Crippen molar-refractivity contribution in [2.45, 2.75) is 45.6 Å². The summed E-state index contributed by atoms with van der Waals surface area (Å²) in [6.45, 7) is 6.70. The molecule has 0 bridgehead atoms. The van der Waals surface area contributed by atoms with Crippen LogP contribution in [0.3, 0.4) is 0 Å². The first kappa shape index (κ1) is 15.5. The van der Waals surface area contributed by atoms with Gasteiger partial charge in [0.25, 0.3) is 0 Å². The highest BCUT2D eigenvalue weighted by atomic mass is 127. The molecule has 5 heteroatoms. The van der Waals surface area contributed by atoms with Crippen LogP contribution in [0.5, 0.6) is 0 Å². The van der Waals surface area contributed by atoms with E-state index in [0.717, 1.165) is 23.7 Å². The second kappa shape index (κ2) is 6.09. The Morgan fingerprint density at radius 1 is 1.56 bits per heavy atom. The number of rotatable bonds is 3. The van der Waals surface area contributed by atoms with E-state index in [-0.39, 0.29) is 11.5 Å². The SMILES string of the molecule is CC(C)(C)OC(=O)N1CCC(C#N)(CCCI)C1. The Balaban J connectivity index is 2.59. The van der Waals surface area contributed by atoms with Gasteiger partial charge in [0.2, 0.25) is 0 Å². The van der Waals surface area contributed by atoms with E-state index in [0.29, 0.717) is 13.1 Å². The molecule has 0 N–H and O–H groups in total. The van der Waals surface area contributed by atoms with E-state index in [2.05, 4.69) is 28.7 Å². The summed E-state index contributed by atoms with van der Waals surface area (Å²) in [6.07, 6.45) is 2.36. The first-order chi connectivity index (χ1) is 8.32. The van der Waals surface area contributed by atoms with Crippen LogP contribution in [-0.2, 0) is 4.74 Å². The fraction of sp³-hybridized carbons (Fsp3) is 0.846. The van der Waals surface area contributed by atoms with Crippen molar-refractivity contribution >= 4 is 28.7 Å². The summed E-state index contributed by atoms with van der Waals surface area (Å²) in [5.74, 6) is 0. The molecule has 4 nitrogen and oxygen atoms in total. The predicted octanol–water partition coefficient (Wildman–Crippen LogP) is 3.35. The number of alkyl halides is 1. The normalized spacial score (nSPS) is 23.8. The molecule has 0 aromatic carbocycles. The van der Waals surface area contributed by atoms with Gasteiger partial charge < -0.3 is 9.64 Å². The number of carbonyl (C=O) groups is 1. The van der Waals surface area contributed by atoms with Gasteiger partial charge in [0.05, 0.1) is 11.5 Å². The van der Waals surface area contributed by atoms with Gasteiger partial charge in [-0.2, -0.15) is 5.26 Å². The average molecular weight is 364 g/mol. The zero-order chi connectivity index (χ0) is 13.8. The van der Waals surface area contributed by atoms with E-state index in [1.807, 2.05) is 20.8 Å². The molecule has 0 aromatic heterocycles. The fourth-order valence-corrected chi connectivity index (χ4v) is 2.49. The van der Waals surface area contributed by atoms with Gasteiger partial charge >= 0.3 is 6.09 Å². The lowest BCUT2D eigenvalue weighted by atomic mass is 9.84. The van der Waals surface area contributed by atoms with Crippen molar-refractivity contribution in [3.8, 4) is 6.07 Å². The van der Waals surface area contributed by atoms with Crippen LogP contribution in [-0.4, -0.2) is 34.1 Å². The molecule has 18 heavy (non-hydrogen) atoms. The van der Waals surface area contributed by atoms with Crippen LogP contribution in [0.2, 0.25) is 0 Å². The van der Waals surface area contributed by atoms with Crippen LogP contribution in [0.4, 0.5) is 4.79 Å². The molecule has 0 aromatic rings. The summed E-state index contributed by atoms with van der Waals surface area (Å²) in [4.78, 5) is 13.6. The molecule has 1 heterocycles. The lowest BCUT2D eigenvalue weighted by molar-refractivity contribution is 0.0280. The molecule has 1 unspecified atom stereocenters. The number of hydrogen-bond acceptors (Lipinski definition) is 3. The van der Waals surface area contributed by atoms with E-state index >= 15 is 0 Å². The van der Waals surface area contributed by atoms with E-state index in [1.54, 1.807) is 4.90 Å². The largest absolute Gasteiger partial charge is 0.444 e. The summed E-state index contributed by atoms with van der Waals surface area (Å²) in [6, 6.07) is 2.41. The molecule has 0 saturated carbocycles. The summed E-state index contributed by atoms with van der Waals surface area (Å²) in [5.41, 5.74) is -0.834. The smallest absolute Gasteiger partial charge is 0.410 e. The predicted molar refractivity (Wildman–Crippen MR) is 78.6 cm³/mol. The molecule has 1 rings (SSSR count). The second-order valence-electron chi connectivity index (χ2n) is 5.84. The van der Waals surface area contributed by atoms with Gasteiger partial charge in [0, 0.05) is 13.1 Å². The quantitative estimate of drug-likeness (QED) is 0.570. The average Bonchev–Trinajstić information content (AvgIpc) is 2.69. The van der Waals surface area contributed by atoms with Crippen LogP contribution in [0.1, 0.15) is 40.0 Å². The maximum atomic E-state index is 11.9. The molecule has 1 amide bonds. The molecular weight excluding hydrogens is 343 g/mol. The Labute approximate surface area is 123 Å². The Morgan fingerprint density at radius 3 is 2.72 bits per heavy atom. The summed E-state index contributed by atoms with van der Waals surface area (Å²) < 4.78 is 6.39. The van der Waals surface area contributed by atoms with Gasteiger partial charge in [0.15, 0.2) is 0 Å². The van der Waals surface area contributed by atoms with E-state index in [9.17, 15) is 10.1 Å². The molecule has 0 aliphatic carbocycles. The van der Waals surface area contributed by atoms with E-state index in [4.69, 9.17) is 4.74 Å². The number of likely N-dealkylation sites (tertiary alicyclic amines) is 1.